The van der Waals surface area contributed by atoms with E-state index in [0.717, 1.165) is 17.3 Å². The summed E-state index contributed by atoms with van der Waals surface area (Å²) in [6.45, 7) is 2.09. The van der Waals surface area contributed by atoms with Crippen molar-refractivity contribution in [1.82, 2.24) is 4.98 Å². The lowest BCUT2D eigenvalue weighted by Crippen LogP contribution is -2.02. The molecular weight excluding hydrogens is 284 g/mol. The van der Waals surface area contributed by atoms with Gasteiger partial charge in [0.15, 0.2) is 5.78 Å². The molecule has 4 heteroatoms. The van der Waals surface area contributed by atoms with Gasteiger partial charge in [0.1, 0.15) is 0 Å². The summed E-state index contributed by atoms with van der Waals surface area (Å²) in [6.07, 6.45) is 2.66. The van der Waals surface area contributed by atoms with Crippen LogP contribution in [0.15, 0.2) is 42.6 Å². The van der Waals surface area contributed by atoms with Crippen molar-refractivity contribution in [2.24, 2.45) is 0 Å². The molecule has 0 fully saturated rings. The predicted octanol–water partition coefficient (Wildman–Crippen LogP) is 4.20. The Kier molecular flexibility index (Phi) is 3.43. The van der Waals surface area contributed by atoms with Gasteiger partial charge in [-0.25, -0.2) is 0 Å². The number of nitrogens with one attached hydrogen (secondary N) is 1. The number of ketones is 1. The van der Waals surface area contributed by atoms with Crippen LogP contribution in [-0.2, 0) is 6.42 Å². The van der Waals surface area contributed by atoms with Crippen LogP contribution < -0.4 is 5.73 Å². The second kappa shape index (κ2) is 5.26. The Morgan fingerprint density at radius 3 is 2.76 bits per heavy atom. The van der Waals surface area contributed by atoms with Gasteiger partial charge in [-0.05, 0) is 30.2 Å². The Hall–Kier alpha value is -2.26. The summed E-state index contributed by atoms with van der Waals surface area (Å²) in [5.74, 6) is -0.0977. The topological polar surface area (TPSA) is 58.9 Å². The Labute approximate surface area is 127 Å². The van der Waals surface area contributed by atoms with Crippen molar-refractivity contribution >= 4 is 34.0 Å². The van der Waals surface area contributed by atoms with Gasteiger partial charge in [0.05, 0.1) is 5.02 Å². The minimum Gasteiger partial charge on any atom is -0.399 e. The third-order valence-electron chi connectivity index (χ3n) is 3.67. The van der Waals surface area contributed by atoms with E-state index in [0.29, 0.717) is 21.8 Å². The number of para-hydroxylation sites is 1. The number of nitrogen functional groups attached to an aromatic ring is 1. The first-order valence-electron chi connectivity index (χ1n) is 6.80. The number of carbonyl (C=O) groups excluding carboxylic acids is 1. The van der Waals surface area contributed by atoms with Gasteiger partial charge in [0, 0.05) is 33.9 Å². The standard InChI is InChI=1S/C17H15ClN2O/c1-2-10-4-3-5-12-14(9-20-16(10)12)17(21)13-7-6-11(19)8-15(13)18/h3-9,20H,2,19H2,1H3. The van der Waals surface area contributed by atoms with E-state index in [2.05, 4.69) is 18.0 Å². The van der Waals surface area contributed by atoms with Gasteiger partial charge in [0.2, 0.25) is 0 Å². The summed E-state index contributed by atoms with van der Waals surface area (Å²) in [6, 6.07) is 10.9. The van der Waals surface area contributed by atoms with E-state index in [1.165, 1.54) is 5.56 Å². The van der Waals surface area contributed by atoms with Crippen molar-refractivity contribution < 1.29 is 4.79 Å². The van der Waals surface area contributed by atoms with E-state index >= 15 is 0 Å². The van der Waals surface area contributed by atoms with Crippen LogP contribution in [0, 0.1) is 0 Å². The SMILES string of the molecule is CCc1cccc2c(C(=O)c3ccc(N)cc3Cl)c[nH]c12. The number of hydrogen-bond acceptors (Lipinski definition) is 2. The van der Waals surface area contributed by atoms with Crippen molar-refractivity contribution in [2.75, 3.05) is 5.73 Å². The Bertz CT molecular complexity index is 836. The summed E-state index contributed by atoms with van der Waals surface area (Å²) in [5.41, 5.74) is 9.51. The Balaban J connectivity index is 2.14. The molecule has 3 aromatic rings. The number of nitrogens with two attached hydrogens (primary N) is 1. The lowest BCUT2D eigenvalue weighted by atomic mass is 10.0. The summed E-state index contributed by atoms with van der Waals surface area (Å²) >= 11 is 6.14. The minimum atomic E-state index is -0.0977. The molecule has 3 nitrogen and oxygen atoms in total. The van der Waals surface area contributed by atoms with Crippen LogP contribution in [0.4, 0.5) is 5.69 Å². The van der Waals surface area contributed by atoms with Crippen molar-refractivity contribution in [1.29, 1.82) is 0 Å². The number of H-pyrrole nitrogens is 1. The maximum atomic E-state index is 12.7. The zero-order valence-electron chi connectivity index (χ0n) is 11.6. The molecule has 3 rings (SSSR count). The fraction of sp³-hybridized carbons (Fsp3) is 0.118. The number of hydrogen-bond donors (Lipinski definition) is 2. The molecule has 0 aliphatic rings. The zero-order valence-corrected chi connectivity index (χ0v) is 12.4. The highest BCUT2D eigenvalue weighted by Gasteiger charge is 2.17. The van der Waals surface area contributed by atoms with Gasteiger partial charge in [-0.1, -0.05) is 36.7 Å². The Morgan fingerprint density at radius 2 is 2.05 bits per heavy atom. The predicted molar refractivity (Wildman–Crippen MR) is 87.0 cm³/mol. The van der Waals surface area contributed by atoms with Gasteiger partial charge in [-0.2, -0.15) is 0 Å². The lowest BCUT2D eigenvalue weighted by Gasteiger charge is -2.04. The number of aryl methyl sites for hydroxylation is 1. The molecule has 0 radical (unpaired) electrons. The smallest absolute Gasteiger partial charge is 0.196 e. The van der Waals surface area contributed by atoms with Gasteiger partial charge < -0.3 is 10.7 Å². The highest BCUT2D eigenvalue weighted by Crippen LogP contribution is 2.27. The van der Waals surface area contributed by atoms with E-state index in [-0.39, 0.29) is 5.78 Å². The number of aromatic amines is 1. The fourth-order valence-electron chi connectivity index (χ4n) is 2.56. The number of halogens is 1. The minimum absolute atomic E-state index is 0.0977. The number of fused-ring (bicyclic) bond motifs is 1. The molecule has 0 atom stereocenters. The number of rotatable bonds is 3. The summed E-state index contributed by atoms with van der Waals surface area (Å²) < 4.78 is 0. The highest BCUT2D eigenvalue weighted by atomic mass is 35.5. The van der Waals surface area contributed by atoms with Gasteiger partial charge in [-0.15, -0.1) is 0 Å². The zero-order chi connectivity index (χ0) is 15.0. The van der Waals surface area contributed by atoms with Gasteiger partial charge >= 0.3 is 0 Å². The lowest BCUT2D eigenvalue weighted by molar-refractivity contribution is 0.104. The summed E-state index contributed by atoms with van der Waals surface area (Å²) in [4.78, 5) is 15.9. The summed E-state index contributed by atoms with van der Waals surface area (Å²) in [7, 11) is 0. The third kappa shape index (κ3) is 2.30. The first-order valence-corrected chi connectivity index (χ1v) is 7.18. The van der Waals surface area contributed by atoms with Crippen molar-refractivity contribution in [2.45, 2.75) is 13.3 Å². The van der Waals surface area contributed by atoms with E-state index in [1.54, 1.807) is 24.4 Å². The molecule has 0 unspecified atom stereocenters. The molecule has 106 valence electrons. The number of benzene rings is 2. The molecule has 0 spiro atoms. The largest absolute Gasteiger partial charge is 0.399 e. The molecule has 1 aromatic heterocycles. The molecular formula is C17H15ClN2O. The second-order valence-electron chi connectivity index (χ2n) is 4.96. The van der Waals surface area contributed by atoms with E-state index in [1.807, 2.05) is 12.1 Å². The normalized spacial score (nSPS) is 11.0. The van der Waals surface area contributed by atoms with Crippen LogP contribution >= 0.6 is 11.6 Å². The first-order chi connectivity index (χ1) is 10.1. The van der Waals surface area contributed by atoms with Crippen LogP contribution in [0.1, 0.15) is 28.4 Å². The Morgan fingerprint density at radius 1 is 1.24 bits per heavy atom. The molecule has 2 aromatic carbocycles. The van der Waals surface area contributed by atoms with Crippen LogP contribution in [0.3, 0.4) is 0 Å². The van der Waals surface area contributed by atoms with Crippen LogP contribution in [-0.4, -0.2) is 10.8 Å². The maximum Gasteiger partial charge on any atom is 0.196 e. The van der Waals surface area contributed by atoms with Crippen LogP contribution in [0.2, 0.25) is 5.02 Å². The van der Waals surface area contributed by atoms with Crippen molar-refractivity contribution in [3.63, 3.8) is 0 Å². The molecule has 0 aliphatic heterocycles. The monoisotopic (exact) mass is 298 g/mol. The average molecular weight is 299 g/mol. The second-order valence-corrected chi connectivity index (χ2v) is 5.37. The molecule has 3 N–H and O–H groups in total. The maximum absolute atomic E-state index is 12.7. The quantitative estimate of drug-likeness (QED) is 0.562. The fourth-order valence-corrected chi connectivity index (χ4v) is 2.84. The van der Waals surface area contributed by atoms with Gasteiger partial charge in [-0.3, -0.25) is 4.79 Å². The molecule has 0 amide bonds. The molecule has 21 heavy (non-hydrogen) atoms. The third-order valence-corrected chi connectivity index (χ3v) is 3.98. The van der Waals surface area contributed by atoms with Crippen molar-refractivity contribution in [3.05, 3.63) is 64.3 Å². The van der Waals surface area contributed by atoms with E-state index < -0.39 is 0 Å². The molecule has 0 aliphatic carbocycles. The molecule has 0 saturated heterocycles. The number of aromatic nitrogens is 1. The summed E-state index contributed by atoms with van der Waals surface area (Å²) in [5, 5.41) is 1.30. The molecule has 0 saturated carbocycles. The average Bonchev–Trinajstić information content (AvgIpc) is 2.90. The first kappa shape index (κ1) is 13.7. The number of anilines is 1. The molecule has 1 heterocycles. The molecule has 0 bridgehead atoms. The van der Waals surface area contributed by atoms with Crippen LogP contribution in [0.25, 0.3) is 10.9 Å². The van der Waals surface area contributed by atoms with Gasteiger partial charge in [0.25, 0.3) is 0 Å². The van der Waals surface area contributed by atoms with E-state index in [9.17, 15) is 4.79 Å². The number of carbonyl (C=O) groups is 1. The van der Waals surface area contributed by atoms with Crippen molar-refractivity contribution in [3.8, 4) is 0 Å². The van der Waals surface area contributed by atoms with Crippen LogP contribution in [0.5, 0.6) is 0 Å². The highest BCUT2D eigenvalue weighted by molar-refractivity contribution is 6.35. The van der Waals surface area contributed by atoms with E-state index in [4.69, 9.17) is 17.3 Å².